The maximum Gasteiger partial charge on any atom is 0.218 e. The van der Waals surface area contributed by atoms with Gasteiger partial charge in [0.15, 0.2) is 4.91 Å². The summed E-state index contributed by atoms with van der Waals surface area (Å²) in [5, 5.41) is 12.5. The predicted octanol–water partition coefficient (Wildman–Crippen LogP) is 3.26. The molecule has 0 fully saturated rings. The van der Waals surface area contributed by atoms with Crippen molar-refractivity contribution in [2.24, 2.45) is 0 Å². The Kier molecular flexibility index (Phi) is 6.05. The first-order valence-corrected chi connectivity index (χ1v) is 8.57. The van der Waals surface area contributed by atoms with E-state index in [-0.39, 0.29) is 4.90 Å². The molecule has 0 aromatic heterocycles. The van der Waals surface area contributed by atoms with Gasteiger partial charge in [-0.2, -0.15) is 5.26 Å². The van der Waals surface area contributed by atoms with Crippen molar-refractivity contribution >= 4 is 21.4 Å². The Morgan fingerprint density at radius 1 is 1.36 bits per heavy atom. The predicted molar refractivity (Wildman–Crippen MR) is 87.6 cm³/mol. The average molecular weight is 337 g/mol. The van der Waals surface area contributed by atoms with E-state index in [0.29, 0.717) is 17.9 Å². The summed E-state index contributed by atoms with van der Waals surface area (Å²) in [6.07, 6.45) is 7.90. The van der Waals surface area contributed by atoms with Crippen LogP contribution in [0.4, 0.5) is 0 Å². The molecule has 0 heterocycles. The number of rotatable bonds is 6. The number of nitrogens with zero attached hydrogens (tertiary/aromatic N) is 1. The first-order valence-electron chi connectivity index (χ1n) is 6.71. The smallest absolute Gasteiger partial charge is 0.218 e. The summed E-state index contributed by atoms with van der Waals surface area (Å²) < 4.78 is 24.9. The second-order valence-electron chi connectivity index (χ2n) is 4.66. The fourth-order valence-electron chi connectivity index (χ4n) is 1.81. The van der Waals surface area contributed by atoms with Gasteiger partial charge in [-0.3, -0.25) is 0 Å². The van der Waals surface area contributed by atoms with E-state index in [1.165, 1.54) is 30.5 Å². The molecule has 0 saturated heterocycles. The van der Waals surface area contributed by atoms with Crippen LogP contribution in [0.2, 0.25) is 5.02 Å². The molecule has 1 N–H and O–H groups in total. The molecule has 0 aliphatic rings. The van der Waals surface area contributed by atoms with Crippen LogP contribution in [0.3, 0.4) is 0 Å². The van der Waals surface area contributed by atoms with E-state index in [9.17, 15) is 13.7 Å². The molecular formula is C16H17ClN2O2S. The van der Waals surface area contributed by atoms with E-state index in [2.05, 4.69) is 11.2 Å². The van der Waals surface area contributed by atoms with Gasteiger partial charge >= 0.3 is 0 Å². The van der Waals surface area contributed by atoms with E-state index in [1.807, 2.05) is 13.8 Å². The molecule has 0 saturated carbocycles. The number of halogens is 1. The molecule has 6 heteroatoms. The summed E-state index contributed by atoms with van der Waals surface area (Å²) in [7, 11) is -3.90. The van der Waals surface area contributed by atoms with Gasteiger partial charge < -0.3 is 5.32 Å². The van der Waals surface area contributed by atoms with Crippen LogP contribution < -0.4 is 5.32 Å². The molecule has 22 heavy (non-hydrogen) atoms. The summed E-state index contributed by atoms with van der Waals surface area (Å²) in [4.78, 5) is -0.387. The molecule has 0 bridgehead atoms. The SMILES string of the molecule is C#CC(CC)(CC)NC=C(C#N)S(=O)(=O)c1ccc(Cl)cc1. The molecule has 0 amide bonds. The third-order valence-electron chi connectivity index (χ3n) is 3.49. The van der Waals surface area contributed by atoms with Gasteiger partial charge in [-0.15, -0.1) is 6.42 Å². The van der Waals surface area contributed by atoms with Gasteiger partial charge in [-0.1, -0.05) is 31.4 Å². The number of benzene rings is 1. The highest BCUT2D eigenvalue weighted by Crippen LogP contribution is 2.21. The maximum atomic E-state index is 12.4. The van der Waals surface area contributed by atoms with Gasteiger partial charge in [0.05, 0.1) is 10.4 Å². The highest BCUT2D eigenvalue weighted by molar-refractivity contribution is 7.95. The molecule has 1 rings (SSSR count). The normalized spacial score (nSPS) is 12.3. The molecule has 0 unspecified atom stereocenters. The van der Waals surface area contributed by atoms with Crippen molar-refractivity contribution in [3.05, 3.63) is 40.4 Å². The molecule has 116 valence electrons. The molecule has 0 atom stereocenters. The summed E-state index contributed by atoms with van der Waals surface area (Å²) in [6, 6.07) is 7.34. The molecule has 0 aliphatic carbocycles. The molecule has 0 spiro atoms. The molecule has 1 aromatic carbocycles. The molecule has 1 aromatic rings. The first-order chi connectivity index (χ1) is 10.3. The third kappa shape index (κ3) is 3.82. The van der Waals surface area contributed by atoms with Crippen LogP contribution in [0, 0.1) is 23.7 Å². The number of allylic oxidation sites excluding steroid dienone is 1. The topological polar surface area (TPSA) is 70.0 Å². The Hall–Kier alpha value is -1.95. The summed E-state index contributed by atoms with van der Waals surface area (Å²) >= 11 is 5.74. The van der Waals surface area contributed by atoms with Crippen molar-refractivity contribution in [3.8, 4) is 18.4 Å². The minimum Gasteiger partial charge on any atom is -0.373 e. The van der Waals surface area contributed by atoms with E-state index in [4.69, 9.17) is 18.0 Å². The lowest BCUT2D eigenvalue weighted by Crippen LogP contribution is -2.39. The molecular weight excluding hydrogens is 320 g/mol. The Morgan fingerprint density at radius 2 is 1.91 bits per heavy atom. The van der Waals surface area contributed by atoms with Gasteiger partial charge in [-0.05, 0) is 37.1 Å². The fourth-order valence-corrected chi connectivity index (χ4v) is 3.02. The number of sulfone groups is 1. The van der Waals surface area contributed by atoms with E-state index in [0.717, 1.165) is 0 Å². The highest BCUT2D eigenvalue weighted by atomic mass is 35.5. The molecule has 4 nitrogen and oxygen atoms in total. The van der Waals surface area contributed by atoms with Gasteiger partial charge in [0.25, 0.3) is 0 Å². The standard InChI is InChI=1S/C16H17ClN2O2S/c1-4-16(5-2,6-3)19-12-15(11-18)22(20,21)14-9-7-13(17)8-10-14/h1,7-10,12,19H,5-6H2,2-3H3. The van der Waals surface area contributed by atoms with Crippen molar-refractivity contribution in [1.82, 2.24) is 5.32 Å². The zero-order valence-corrected chi connectivity index (χ0v) is 14.0. The Balaban J connectivity index is 3.21. The second-order valence-corrected chi connectivity index (χ2v) is 7.01. The molecule has 0 radical (unpaired) electrons. The van der Waals surface area contributed by atoms with Gasteiger partial charge in [0.2, 0.25) is 9.84 Å². The van der Waals surface area contributed by atoms with Crippen molar-refractivity contribution in [2.75, 3.05) is 0 Å². The van der Waals surface area contributed by atoms with Crippen LogP contribution in [0.5, 0.6) is 0 Å². The monoisotopic (exact) mass is 336 g/mol. The lowest BCUT2D eigenvalue weighted by molar-refractivity contribution is 0.442. The largest absolute Gasteiger partial charge is 0.373 e. The second kappa shape index (κ2) is 7.35. The van der Waals surface area contributed by atoms with E-state index in [1.54, 1.807) is 6.07 Å². The van der Waals surface area contributed by atoms with Crippen LogP contribution in [0.1, 0.15) is 26.7 Å². The Morgan fingerprint density at radius 3 is 2.32 bits per heavy atom. The molecule has 0 aliphatic heterocycles. The number of nitrogens with one attached hydrogen (secondary N) is 1. The zero-order valence-electron chi connectivity index (χ0n) is 12.4. The Labute approximate surface area is 136 Å². The zero-order chi connectivity index (χ0) is 16.8. The Bertz CT molecular complexity index is 734. The van der Waals surface area contributed by atoms with Crippen molar-refractivity contribution in [1.29, 1.82) is 5.26 Å². The summed E-state index contributed by atoms with van der Waals surface area (Å²) in [5.74, 6) is 2.62. The number of nitriles is 1. The number of hydrogen-bond acceptors (Lipinski definition) is 4. The van der Waals surface area contributed by atoms with E-state index < -0.39 is 20.3 Å². The van der Waals surface area contributed by atoms with Gasteiger partial charge in [0.1, 0.15) is 6.07 Å². The van der Waals surface area contributed by atoms with Gasteiger partial charge in [0, 0.05) is 11.2 Å². The third-order valence-corrected chi connectivity index (χ3v) is 5.42. The van der Waals surface area contributed by atoms with Crippen LogP contribution >= 0.6 is 11.6 Å². The summed E-state index contributed by atoms with van der Waals surface area (Å²) in [6.45, 7) is 3.79. The minimum absolute atomic E-state index is 0.00537. The van der Waals surface area contributed by atoms with Crippen LogP contribution in [0.15, 0.2) is 40.3 Å². The van der Waals surface area contributed by atoms with Crippen LogP contribution in [-0.4, -0.2) is 14.0 Å². The first kappa shape index (κ1) is 18.1. The van der Waals surface area contributed by atoms with Crippen molar-refractivity contribution in [2.45, 2.75) is 37.1 Å². The maximum absolute atomic E-state index is 12.4. The number of terminal acetylenes is 1. The minimum atomic E-state index is -3.90. The average Bonchev–Trinajstić information content (AvgIpc) is 2.52. The number of hydrogen-bond donors (Lipinski definition) is 1. The van der Waals surface area contributed by atoms with Crippen molar-refractivity contribution < 1.29 is 8.42 Å². The quantitative estimate of drug-likeness (QED) is 0.639. The van der Waals surface area contributed by atoms with Gasteiger partial charge in [-0.25, -0.2) is 8.42 Å². The summed E-state index contributed by atoms with van der Waals surface area (Å²) in [5.41, 5.74) is -0.669. The van der Waals surface area contributed by atoms with Crippen molar-refractivity contribution in [3.63, 3.8) is 0 Å². The highest BCUT2D eigenvalue weighted by Gasteiger charge is 2.25. The van der Waals surface area contributed by atoms with Crippen LogP contribution in [-0.2, 0) is 9.84 Å². The van der Waals surface area contributed by atoms with Crippen LogP contribution in [0.25, 0.3) is 0 Å². The lowest BCUT2D eigenvalue weighted by atomic mass is 9.94. The fraction of sp³-hybridized carbons (Fsp3) is 0.312. The lowest BCUT2D eigenvalue weighted by Gasteiger charge is -2.26. The van der Waals surface area contributed by atoms with E-state index >= 15 is 0 Å².